The molecular weight excluding hydrogens is 525 g/mol. The molecule has 1 atom stereocenters. The largest absolute Gasteiger partial charge is 0.455 e. The van der Waals surface area contributed by atoms with Gasteiger partial charge in [-0.05, 0) is 76.6 Å². The Hall–Kier alpha value is -3.71. The summed E-state index contributed by atoms with van der Waals surface area (Å²) in [5, 5.41) is 9.88. The van der Waals surface area contributed by atoms with Crippen LogP contribution in [0.2, 0.25) is 0 Å². The number of rotatable bonds is 9. The first-order valence-electron chi connectivity index (χ1n) is 13.4. The zero-order valence-electron chi connectivity index (χ0n) is 23.6. The number of hydrogen-bond donors (Lipinski definition) is 1. The summed E-state index contributed by atoms with van der Waals surface area (Å²) >= 11 is 0. The highest BCUT2D eigenvalue weighted by atomic mass is 31.2. The molecule has 0 bridgehead atoms. The third-order valence-corrected chi connectivity index (χ3v) is 9.09. The van der Waals surface area contributed by atoms with Gasteiger partial charge in [-0.15, -0.1) is 0 Å². The Morgan fingerprint density at radius 3 is 2.50 bits per heavy atom. The zero-order valence-corrected chi connectivity index (χ0v) is 24.5. The van der Waals surface area contributed by atoms with Crippen LogP contribution in [0.5, 0.6) is 0 Å². The van der Waals surface area contributed by atoms with Gasteiger partial charge in [0.2, 0.25) is 0 Å². The molecule has 0 saturated heterocycles. The number of hydrogen-bond acceptors (Lipinski definition) is 7. The predicted octanol–water partition coefficient (Wildman–Crippen LogP) is 7.03. The van der Waals surface area contributed by atoms with Crippen molar-refractivity contribution in [2.45, 2.75) is 40.7 Å². The zero-order chi connectivity index (χ0) is 28.6. The number of nitrogens with one attached hydrogen (secondary N) is 1. The summed E-state index contributed by atoms with van der Waals surface area (Å²) in [6.45, 7) is 9.82. The molecule has 2 heterocycles. The standard InChI is InChI=1S/C31H34N3O5P/c1-7-37-40(36,38-8-2)28-12-10-9-11-27(28)32-21(5)24-15-19(3)16-25-29(35)20(4)30(39-31(24)25)22-13-14-26-23(17-22)18-34(6)33-26/h9-18,21,32H,7-8H2,1-6H3. The van der Waals surface area contributed by atoms with Gasteiger partial charge >= 0.3 is 7.60 Å². The molecule has 2 aromatic heterocycles. The lowest BCUT2D eigenvalue weighted by molar-refractivity contribution is 0.230. The molecule has 1 unspecified atom stereocenters. The monoisotopic (exact) mass is 559 g/mol. The summed E-state index contributed by atoms with van der Waals surface area (Å²) in [7, 11) is -1.66. The van der Waals surface area contributed by atoms with Crippen molar-refractivity contribution < 1.29 is 18.0 Å². The Bertz CT molecular complexity index is 1810. The maximum Gasteiger partial charge on any atom is 0.363 e. The fourth-order valence-corrected chi connectivity index (χ4v) is 6.85. The number of para-hydroxylation sites is 1. The van der Waals surface area contributed by atoms with Crippen LogP contribution in [-0.4, -0.2) is 23.0 Å². The molecule has 3 aromatic carbocycles. The average molecular weight is 560 g/mol. The van der Waals surface area contributed by atoms with Crippen LogP contribution in [0.25, 0.3) is 33.2 Å². The topological polar surface area (TPSA) is 95.6 Å². The van der Waals surface area contributed by atoms with Crippen molar-refractivity contribution >= 4 is 40.5 Å². The van der Waals surface area contributed by atoms with Crippen molar-refractivity contribution in [2.24, 2.45) is 7.05 Å². The van der Waals surface area contributed by atoms with E-state index in [-0.39, 0.29) is 24.7 Å². The van der Waals surface area contributed by atoms with Gasteiger partial charge in [0.05, 0.1) is 41.2 Å². The first-order valence-corrected chi connectivity index (χ1v) is 15.0. The van der Waals surface area contributed by atoms with Crippen molar-refractivity contribution in [1.29, 1.82) is 0 Å². The minimum absolute atomic E-state index is 0.0720. The van der Waals surface area contributed by atoms with E-state index in [2.05, 4.69) is 10.4 Å². The summed E-state index contributed by atoms with van der Waals surface area (Å²) < 4.78 is 33.2. The minimum Gasteiger partial charge on any atom is -0.455 e. The molecule has 208 valence electrons. The fourth-order valence-electron chi connectivity index (χ4n) is 5.12. The molecule has 0 aliphatic heterocycles. The van der Waals surface area contributed by atoms with Gasteiger partial charge in [-0.3, -0.25) is 14.0 Å². The molecule has 8 nitrogen and oxygen atoms in total. The van der Waals surface area contributed by atoms with Gasteiger partial charge in [-0.2, -0.15) is 5.10 Å². The van der Waals surface area contributed by atoms with E-state index in [1.165, 1.54) is 0 Å². The number of aromatic nitrogens is 2. The SMILES string of the molecule is CCOP(=O)(OCC)c1ccccc1NC(C)c1cc(C)cc2c(=O)c(C)c(-c3ccc4nn(C)cc4c3)oc12. The van der Waals surface area contributed by atoms with E-state index in [4.69, 9.17) is 13.5 Å². The van der Waals surface area contributed by atoms with Gasteiger partial charge in [0, 0.05) is 35.3 Å². The Morgan fingerprint density at radius 1 is 1.05 bits per heavy atom. The molecule has 0 amide bonds. The van der Waals surface area contributed by atoms with Gasteiger partial charge in [0.15, 0.2) is 5.43 Å². The van der Waals surface area contributed by atoms with Gasteiger partial charge in [0.25, 0.3) is 0 Å². The van der Waals surface area contributed by atoms with Crippen molar-refractivity contribution in [1.82, 2.24) is 9.78 Å². The molecule has 1 N–H and O–H groups in total. The molecule has 0 fully saturated rings. The van der Waals surface area contributed by atoms with Crippen LogP contribution in [0.15, 0.2) is 70.0 Å². The second-order valence-electron chi connectivity index (χ2n) is 9.91. The molecule has 5 rings (SSSR count). The quantitative estimate of drug-likeness (QED) is 0.194. The third-order valence-electron chi connectivity index (χ3n) is 6.91. The lowest BCUT2D eigenvalue weighted by Gasteiger charge is -2.23. The van der Waals surface area contributed by atoms with Crippen molar-refractivity contribution in [3.63, 3.8) is 0 Å². The Morgan fingerprint density at radius 2 is 1.77 bits per heavy atom. The summed E-state index contributed by atoms with van der Waals surface area (Å²) in [5.74, 6) is 0.526. The summed E-state index contributed by atoms with van der Waals surface area (Å²) in [4.78, 5) is 13.6. The number of fused-ring (bicyclic) bond motifs is 2. The van der Waals surface area contributed by atoms with Gasteiger partial charge in [0.1, 0.15) is 11.3 Å². The Balaban J connectivity index is 1.63. The molecule has 0 aliphatic carbocycles. The molecule has 0 spiro atoms. The molecular formula is C31H34N3O5P. The van der Waals surface area contributed by atoms with E-state index in [0.717, 1.165) is 27.6 Å². The second-order valence-corrected chi connectivity index (χ2v) is 11.9. The molecule has 0 aliphatic rings. The Labute approximate surface area is 233 Å². The number of anilines is 1. The van der Waals surface area contributed by atoms with Crippen LogP contribution >= 0.6 is 7.60 Å². The van der Waals surface area contributed by atoms with E-state index in [1.54, 1.807) is 31.5 Å². The van der Waals surface area contributed by atoms with Gasteiger partial charge < -0.3 is 18.8 Å². The summed E-state index contributed by atoms with van der Waals surface area (Å²) in [5.41, 5.74) is 5.05. The van der Waals surface area contributed by atoms with E-state index in [1.807, 2.05) is 75.6 Å². The van der Waals surface area contributed by atoms with Gasteiger partial charge in [-0.1, -0.05) is 18.2 Å². The van der Waals surface area contributed by atoms with Crippen LogP contribution in [-0.2, 0) is 20.7 Å². The highest BCUT2D eigenvalue weighted by Crippen LogP contribution is 2.49. The highest BCUT2D eigenvalue weighted by Gasteiger charge is 2.30. The van der Waals surface area contributed by atoms with E-state index in [9.17, 15) is 9.36 Å². The van der Waals surface area contributed by atoms with E-state index >= 15 is 0 Å². The maximum atomic E-state index is 13.6. The van der Waals surface area contributed by atoms with Crippen molar-refractivity contribution in [3.8, 4) is 11.3 Å². The van der Waals surface area contributed by atoms with Crippen molar-refractivity contribution in [2.75, 3.05) is 18.5 Å². The first-order chi connectivity index (χ1) is 19.1. The smallest absolute Gasteiger partial charge is 0.363 e. The van der Waals surface area contributed by atoms with Crippen LogP contribution in [0.1, 0.15) is 43.5 Å². The molecule has 0 saturated carbocycles. The number of nitrogens with zero attached hydrogens (tertiary/aromatic N) is 2. The predicted molar refractivity (Wildman–Crippen MR) is 161 cm³/mol. The lowest BCUT2D eigenvalue weighted by atomic mass is 9.98. The summed E-state index contributed by atoms with van der Waals surface area (Å²) in [6, 6.07) is 16.7. The average Bonchev–Trinajstić information content (AvgIpc) is 3.30. The van der Waals surface area contributed by atoms with Crippen molar-refractivity contribution in [3.05, 3.63) is 87.7 Å². The van der Waals surface area contributed by atoms with E-state index < -0.39 is 7.60 Å². The number of aryl methyl sites for hydroxylation is 2. The summed E-state index contributed by atoms with van der Waals surface area (Å²) in [6.07, 6.45) is 1.94. The third kappa shape index (κ3) is 5.10. The fraction of sp³-hybridized carbons (Fsp3) is 0.290. The van der Waals surface area contributed by atoms with E-state index in [0.29, 0.717) is 33.3 Å². The normalized spacial score (nSPS) is 12.8. The molecule has 40 heavy (non-hydrogen) atoms. The van der Waals surface area contributed by atoms with Crippen LogP contribution in [0, 0.1) is 13.8 Å². The molecule has 5 aromatic rings. The maximum absolute atomic E-state index is 13.6. The highest BCUT2D eigenvalue weighted by molar-refractivity contribution is 7.62. The Kier molecular flexibility index (Phi) is 7.69. The van der Waals surface area contributed by atoms with Gasteiger partial charge in [-0.25, -0.2) is 0 Å². The van der Waals surface area contributed by atoms with Crippen LogP contribution in [0.3, 0.4) is 0 Å². The second kappa shape index (κ2) is 11.0. The molecule has 9 heteroatoms. The number of benzene rings is 3. The van der Waals surface area contributed by atoms with Crippen LogP contribution in [0.4, 0.5) is 5.69 Å². The minimum atomic E-state index is -3.54. The lowest BCUT2D eigenvalue weighted by Crippen LogP contribution is -2.19. The van der Waals surface area contributed by atoms with Crippen LogP contribution < -0.4 is 16.1 Å². The molecule has 0 radical (unpaired) electrons. The first kappa shape index (κ1) is 27.8.